The van der Waals surface area contributed by atoms with Crippen molar-refractivity contribution in [3.05, 3.63) is 41.3 Å². The molecule has 0 unspecified atom stereocenters. The number of carbonyl (C=O) groups excluding carboxylic acids is 1. The summed E-state index contributed by atoms with van der Waals surface area (Å²) in [5.41, 5.74) is -0.451. The van der Waals surface area contributed by atoms with E-state index < -0.39 is 21.3 Å². The van der Waals surface area contributed by atoms with Gasteiger partial charge >= 0.3 is 0 Å². The van der Waals surface area contributed by atoms with Crippen LogP contribution in [0.15, 0.2) is 27.6 Å². The monoisotopic (exact) mass is 434 g/mol. The molecule has 10 heteroatoms. The smallest absolute Gasteiger partial charge is 0.243 e. The number of amides is 1. The second-order valence-electron chi connectivity index (χ2n) is 8.70. The lowest BCUT2D eigenvalue weighted by molar-refractivity contribution is -0.131. The van der Waals surface area contributed by atoms with E-state index in [0.717, 1.165) is 12.8 Å². The molecule has 2 saturated heterocycles. The maximum Gasteiger partial charge on any atom is 0.243 e. The highest BCUT2D eigenvalue weighted by molar-refractivity contribution is 7.89. The molecule has 3 heterocycles. The first kappa shape index (κ1) is 19.6. The maximum absolute atomic E-state index is 13.7. The first-order chi connectivity index (χ1) is 14.2. The van der Waals surface area contributed by atoms with Gasteiger partial charge in [-0.1, -0.05) is 5.16 Å². The summed E-state index contributed by atoms with van der Waals surface area (Å²) in [7, 11) is -3.83. The van der Waals surface area contributed by atoms with Gasteiger partial charge in [-0.05, 0) is 50.5 Å². The van der Waals surface area contributed by atoms with E-state index in [4.69, 9.17) is 4.52 Å². The number of nitrogens with zero attached hydrogens (tertiary/aromatic N) is 4. The molecule has 5 rings (SSSR count). The first-order valence-electron chi connectivity index (χ1n) is 10.1. The second-order valence-corrected chi connectivity index (χ2v) is 10.6. The van der Waals surface area contributed by atoms with Crippen LogP contribution in [0.4, 0.5) is 4.39 Å². The molecule has 1 aromatic carbocycles. The van der Waals surface area contributed by atoms with E-state index in [1.54, 1.807) is 6.92 Å². The molecule has 0 N–H and O–H groups in total. The molecule has 1 aliphatic carbocycles. The lowest BCUT2D eigenvalue weighted by Crippen LogP contribution is -2.41. The van der Waals surface area contributed by atoms with Gasteiger partial charge in [0.05, 0.1) is 10.3 Å². The molecule has 1 saturated carbocycles. The Balaban J connectivity index is 1.49. The highest BCUT2D eigenvalue weighted by atomic mass is 32.2. The summed E-state index contributed by atoms with van der Waals surface area (Å²) in [5, 5.41) is 3.90. The van der Waals surface area contributed by atoms with Crippen molar-refractivity contribution >= 4 is 15.9 Å². The van der Waals surface area contributed by atoms with Crippen LogP contribution in [-0.2, 0) is 20.2 Å². The number of likely N-dealkylation sites (tertiary alicyclic amines) is 1. The van der Waals surface area contributed by atoms with Gasteiger partial charge in [-0.3, -0.25) is 4.79 Å². The van der Waals surface area contributed by atoms with Gasteiger partial charge in [0.15, 0.2) is 5.82 Å². The Morgan fingerprint density at radius 2 is 2.00 bits per heavy atom. The Morgan fingerprint density at radius 1 is 1.23 bits per heavy atom. The predicted molar refractivity (Wildman–Crippen MR) is 103 cm³/mol. The third-order valence-corrected chi connectivity index (χ3v) is 8.34. The minimum Gasteiger partial charge on any atom is -0.341 e. The Morgan fingerprint density at radius 3 is 2.63 bits per heavy atom. The molecule has 1 amide bonds. The summed E-state index contributed by atoms with van der Waals surface area (Å²) in [5.74, 6) is 0.483. The van der Waals surface area contributed by atoms with Gasteiger partial charge in [0.1, 0.15) is 5.82 Å². The van der Waals surface area contributed by atoms with Crippen LogP contribution in [0.5, 0.6) is 0 Å². The third-order valence-electron chi connectivity index (χ3n) is 6.54. The number of benzene rings is 1. The zero-order valence-corrected chi connectivity index (χ0v) is 17.7. The molecular formula is C20H23FN4O4S. The molecule has 0 radical (unpaired) electrons. The van der Waals surface area contributed by atoms with E-state index >= 15 is 0 Å². The second kappa shape index (κ2) is 6.58. The van der Waals surface area contributed by atoms with Crippen molar-refractivity contribution in [2.45, 2.75) is 37.0 Å². The van der Waals surface area contributed by atoms with Crippen molar-refractivity contribution in [1.29, 1.82) is 0 Å². The van der Waals surface area contributed by atoms with Crippen LogP contribution in [0.3, 0.4) is 0 Å². The SMILES string of the molecule is Cc1noc([C@@]23CN(C(=O)C4CC4)C[C@@H]2CN(S(=O)(=O)c2ccc(F)c(C)c2)C3)n1. The molecule has 2 atom stereocenters. The van der Waals surface area contributed by atoms with Crippen molar-refractivity contribution in [3.63, 3.8) is 0 Å². The summed E-state index contributed by atoms with van der Waals surface area (Å²) in [6, 6.07) is 3.82. The normalized spacial score (nSPS) is 26.9. The van der Waals surface area contributed by atoms with E-state index in [0.29, 0.717) is 24.8 Å². The number of halogens is 1. The number of rotatable bonds is 4. The van der Waals surface area contributed by atoms with E-state index in [-0.39, 0.29) is 41.3 Å². The minimum absolute atomic E-state index is 0.0594. The van der Waals surface area contributed by atoms with E-state index in [1.165, 1.54) is 29.4 Å². The third kappa shape index (κ3) is 2.96. The van der Waals surface area contributed by atoms with Gasteiger partial charge in [-0.2, -0.15) is 9.29 Å². The summed E-state index contributed by atoms with van der Waals surface area (Å²) in [6.45, 7) is 4.47. The van der Waals surface area contributed by atoms with Crippen molar-refractivity contribution in [3.8, 4) is 0 Å². The molecule has 2 aromatic rings. The molecular weight excluding hydrogens is 411 g/mol. The Hall–Kier alpha value is -2.33. The van der Waals surface area contributed by atoms with Crippen LogP contribution in [0.2, 0.25) is 0 Å². The van der Waals surface area contributed by atoms with Gasteiger partial charge in [-0.25, -0.2) is 12.8 Å². The van der Waals surface area contributed by atoms with Crippen LogP contribution in [0.25, 0.3) is 0 Å². The number of hydrogen-bond acceptors (Lipinski definition) is 6. The fourth-order valence-electron chi connectivity index (χ4n) is 4.69. The van der Waals surface area contributed by atoms with E-state index in [2.05, 4.69) is 10.1 Å². The average Bonchev–Trinajstić information content (AvgIpc) is 3.19. The summed E-state index contributed by atoms with van der Waals surface area (Å²) >= 11 is 0. The molecule has 8 nitrogen and oxygen atoms in total. The zero-order valence-electron chi connectivity index (χ0n) is 16.8. The molecule has 3 fully saturated rings. The predicted octanol–water partition coefficient (Wildman–Crippen LogP) is 1.64. The van der Waals surface area contributed by atoms with Crippen LogP contribution >= 0.6 is 0 Å². The molecule has 30 heavy (non-hydrogen) atoms. The Bertz CT molecular complexity index is 1130. The number of carbonyl (C=O) groups is 1. The van der Waals surface area contributed by atoms with Crippen LogP contribution < -0.4 is 0 Å². The number of sulfonamides is 1. The number of aromatic nitrogens is 2. The van der Waals surface area contributed by atoms with Crippen molar-refractivity contribution < 1.29 is 22.1 Å². The van der Waals surface area contributed by atoms with E-state index in [9.17, 15) is 17.6 Å². The topological polar surface area (TPSA) is 96.6 Å². The van der Waals surface area contributed by atoms with Gasteiger partial charge in [-0.15, -0.1) is 0 Å². The van der Waals surface area contributed by atoms with Crippen LogP contribution in [0.1, 0.15) is 30.1 Å². The largest absolute Gasteiger partial charge is 0.341 e. The van der Waals surface area contributed by atoms with Gasteiger partial charge in [0.2, 0.25) is 21.8 Å². The van der Waals surface area contributed by atoms with Crippen LogP contribution in [0, 0.1) is 31.5 Å². The lowest BCUT2D eigenvalue weighted by Gasteiger charge is -2.26. The van der Waals surface area contributed by atoms with Gasteiger partial charge in [0.25, 0.3) is 0 Å². The van der Waals surface area contributed by atoms with E-state index in [1.807, 2.05) is 4.90 Å². The van der Waals surface area contributed by atoms with Crippen molar-refractivity contribution in [1.82, 2.24) is 19.3 Å². The molecule has 160 valence electrons. The average molecular weight is 434 g/mol. The number of hydrogen-bond donors (Lipinski definition) is 0. The maximum atomic E-state index is 13.7. The molecule has 3 aliphatic rings. The zero-order chi connectivity index (χ0) is 21.3. The van der Waals surface area contributed by atoms with Crippen LogP contribution in [-0.4, -0.2) is 59.8 Å². The first-order valence-corrected chi connectivity index (χ1v) is 11.5. The number of fused-ring (bicyclic) bond motifs is 1. The lowest BCUT2D eigenvalue weighted by atomic mass is 9.81. The Kier molecular flexibility index (Phi) is 4.31. The quantitative estimate of drug-likeness (QED) is 0.726. The van der Waals surface area contributed by atoms with Gasteiger partial charge < -0.3 is 9.42 Å². The van der Waals surface area contributed by atoms with Crippen molar-refractivity contribution in [2.24, 2.45) is 11.8 Å². The summed E-state index contributed by atoms with van der Waals surface area (Å²) < 4.78 is 47.1. The molecule has 0 spiro atoms. The van der Waals surface area contributed by atoms with Crippen molar-refractivity contribution in [2.75, 3.05) is 26.2 Å². The molecule has 1 aromatic heterocycles. The molecule has 0 bridgehead atoms. The highest BCUT2D eigenvalue weighted by Crippen LogP contribution is 2.47. The minimum atomic E-state index is -3.83. The number of aryl methyl sites for hydroxylation is 2. The Labute approximate surface area is 174 Å². The fraction of sp³-hybridized carbons (Fsp3) is 0.550. The fourth-order valence-corrected chi connectivity index (χ4v) is 6.33. The molecule has 2 aliphatic heterocycles. The highest BCUT2D eigenvalue weighted by Gasteiger charge is 2.60. The summed E-state index contributed by atoms with van der Waals surface area (Å²) in [4.78, 5) is 19.0. The summed E-state index contributed by atoms with van der Waals surface area (Å²) in [6.07, 6.45) is 1.83. The van der Waals surface area contributed by atoms with Gasteiger partial charge in [0, 0.05) is 38.0 Å². The standard InChI is InChI=1S/C20H23FN4O4S/c1-12-7-16(5-6-17(12)21)30(27,28)25-9-15-8-24(18(26)14-3-4-14)10-20(15,11-25)19-22-13(2)23-29-19/h5-7,14-15H,3-4,8-11H2,1-2H3/t15-,20-/m1/s1.